The van der Waals surface area contributed by atoms with Crippen LogP contribution in [0.4, 0.5) is 0 Å². The Bertz CT molecular complexity index is 2390. The SMILES string of the molecule is C1=CC2=C(CC1)Oc1ccccc1C21c2ccccc2-c2cc3c4ccccc4n(-c4cc5ccccc5cn4)c3cc21. The van der Waals surface area contributed by atoms with Crippen LogP contribution in [-0.4, -0.2) is 9.55 Å². The fourth-order valence-corrected chi connectivity index (χ4v) is 7.99. The van der Waals surface area contributed by atoms with E-state index in [0.717, 1.165) is 41.1 Å². The lowest BCUT2D eigenvalue weighted by atomic mass is 9.64. The first-order valence-corrected chi connectivity index (χ1v) is 15.0. The number of ether oxygens (including phenoxy) is 1. The van der Waals surface area contributed by atoms with Crippen LogP contribution in [0.3, 0.4) is 0 Å². The molecule has 0 N–H and O–H groups in total. The molecule has 2 aliphatic carbocycles. The maximum atomic E-state index is 6.64. The predicted molar refractivity (Wildman–Crippen MR) is 174 cm³/mol. The molecule has 2 aromatic heterocycles. The first kappa shape index (κ1) is 23.2. The van der Waals surface area contributed by atoms with E-state index in [0.29, 0.717) is 0 Å². The Labute approximate surface area is 249 Å². The number of para-hydroxylation sites is 2. The van der Waals surface area contributed by atoms with Gasteiger partial charge in [-0.1, -0.05) is 97.1 Å². The second-order valence-corrected chi connectivity index (χ2v) is 11.8. The Kier molecular flexibility index (Phi) is 4.49. The summed E-state index contributed by atoms with van der Waals surface area (Å²) < 4.78 is 8.99. The van der Waals surface area contributed by atoms with E-state index in [4.69, 9.17) is 9.72 Å². The second kappa shape index (κ2) is 8.33. The van der Waals surface area contributed by atoms with Gasteiger partial charge >= 0.3 is 0 Å². The fraction of sp³-hybridized carbons (Fsp3) is 0.0750. The van der Waals surface area contributed by atoms with Crippen molar-refractivity contribution in [2.75, 3.05) is 0 Å². The number of pyridine rings is 1. The van der Waals surface area contributed by atoms with Crippen molar-refractivity contribution in [3.05, 3.63) is 162 Å². The van der Waals surface area contributed by atoms with Crippen molar-refractivity contribution >= 4 is 32.6 Å². The van der Waals surface area contributed by atoms with Gasteiger partial charge in [-0.15, -0.1) is 0 Å². The number of nitrogens with zero attached hydrogens (tertiary/aromatic N) is 2. The average Bonchev–Trinajstić information content (AvgIpc) is 3.54. The molecule has 1 aliphatic heterocycles. The molecule has 0 saturated heterocycles. The van der Waals surface area contributed by atoms with Crippen molar-refractivity contribution in [1.82, 2.24) is 9.55 Å². The molecule has 7 aromatic rings. The summed E-state index contributed by atoms with van der Waals surface area (Å²) in [6.07, 6.45) is 8.53. The smallest absolute Gasteiger partial charge is 0.138 e. The summed E-state index contributed by atoms with van der Waals surface area (Å²) in [5.41, 5.74) is 9.55. The highest BCUT2D eigenvalue weighted by Crippen LogP contribution is 2.62. The second-order valence-electron chi connectivity index (χ2n) is 11.8. The fourth-order valence-electron chi connectivity index (χ4n) is 7.99. The normalized spacial score (nSPS) is 18.1. The van der Waals surface area contributed by atoms with E-state index in [9.17, 15) is 0 Å². The number of fused-ring (bicyclic) bond motifs is 12. The van der Waals surface area contributed by atoms with Crippen LogP contribution >= 0.6 is 0 Å². The van der Waals surface area contributed by atoms with Crippen LogP contribution in [0.1, 0.15) is 29.5 Å². The Balaban J connectivity index is 1.38. The van der Waals surface area contributed by atoms with Gasteiger partial charge in [-0.05, 0) is 64.4 Å². The largest absolute Gasteiger partial charge is 0.461 e. The van der Waals surface area contributed by atoms with Gasteiger partial charge in [0.2, 0.25) is 0 Å². The Morgan fingerprint density at radius 2 is 1.44 bits per heavy atom. The van der Waals surface area contributed by atoms with Gasteiger partial charge in [0.05, 0.1) is 16.4 Å². The van der Waals surface area contributed by atoms with Gasteiger partial charge in [-0.25, -0.2) is 4.98 Å². The molecule has 3 nitrogen and oxygen atoms in total. The zero-order chi connectivity index (χ0) is 28.1. The number of hydrogen-bond donors (Lipinski definition) is 0. The van der Waals surface area contributed by atoms with Crippen LogP contribution in [-0.2, 0) is 5.41 Å². The third-order valence-corrected chi connectivity index (χ3v) is 9.73. The van der Waals surface area contributed by atoms with Crippen LogP contribution in [0.15, 0.2) is 145 Å². The van der Waals surface area contributed by atoms with Gasteiger partial charge in [0.1, 0.15) is 17.3 Å². The minimum absolute atomic E-state index is 0.459. The first-order valence-electron chi connectivity index (χ1n) is 15.0. The Morgan fingerprint density at radius 3 is 2.40 bits per heavy atom. The van der Waals surface area contributed by atoms with Crippen LogP contribution in [0.5, 0.6) is 5.75 Å². The Hall–Kier alpha value is -5.41. The monoisotopic (exact) mass is 550 g/mol. The summed E-state index contributed by atoms with van der Waals surface area (Å²) in [5.74, 6) is 2.97. The van der Waals surface area contributed by atoms with E-state index in [-0.39, 0.29) is 0 Å². The van der Waals surface area contributed by atoms with Crippen LogP contribution in [0.2, 0.25) is 0 Å². The lowest BCUT2D eigenvalue weighted by Crippen LogP contribution is -2.35. The molecule has 1 atom stereocenters. The minimum atomic E-state index is -0.459. The van der Waals surface area contributed by atoms with Crippen molar-refractivity contribution in [1.29, 1.82) is 0 Å². The highest BCUT2D eigenvalue weighted by molar-refractivity contribution is 6.12. The maximum absolute atomic E-state index is 6.64. The third-order valence-electron chi connectivity index (χ3n) is 9.73. The molecule has 5 aromatic carbocycles. The van der Waals surface area contributed by atoms with Crippen molar-refractivity contribution in [2.24, 2.45) is 0 Å². The molecule has 10 rings (SSSR count). The zero-order valence-corrected chi connectivity index (χ0v) is 23.4. The van der Waals surface area contributed by atoms with E-state index in [1.807, 2.05) is 6.20 Å². The molecule has 1 spiro atoms. The first-order chi connectivity index (χ1) is 21.3. The summed E-state index contributed by atoms with van der Waals surface area (Å²) in [6, 6.07) is 41.9. The summed E-state index contributed by atoms with van der Waals surface area (Å²) in [7, 11) is 0. The molecular weight excluding hydrogens is 524 g/mol. The van der Waals surface area contributed by atoms with E-state index < -0.39 is 5.41 Å². The molecule has 3 heterocycles. The molecule has 3 aliphatic rings. The molecular formula is C40H26N2O. The number of rotatable bonds is 1. The highest BCUT2D eigenvalue weighted by atomic mass is 16.5. The summed E-state index contributed by atoms with van der Waals surface area (Å²) in [6.45, 7) is 0. The number of allylic oxidation sites excluding steroid dienone is 4. The van der Waals surface area contributed by atoms with Crippen molar-refractivity contribution in [3.8, 4) is 22.7 Å². The maximum Gasteiger partial charge on any atom is 0.138 e. The van der Waals surface area contributed by atoms with Crippen LogP contribution < -0.4 is 4.74 Å². The lowest BCUT2D eigenvalue weighted by molar-refractivity contribution is 0.364. The van der Waals surface area contributed by atoms with Crippen molar-refractivity contribution in [3.63, 3.8) is 0 Å². The predicted octanol–water partition coefficient (Wildman–Crippen LogP) is 9.64. The molecule has 43 heavy (non-hydrogen) atoms. The van der Waals surface area contributed by atoms with Crippen LogP contribution in [0, 0.1) is 0 Å². The van der Waals surface area contributed by atoms with Gasteiger partial charge in [-0.2, -0.15) is 0 Å². The van der Waals surface area contributed by atoms with Gasteiger partial charge in [-0.3, -0.25) is 4.57 Å². The molecule has 0 saturated carbocycles. The van der Waals surface area contributed by atoms with Gasteiger partial charge in [0.15, 0.2) is 0 Å². The lowest BCUT2D eigenvalue weighted by Gasteiger charge is -2.41. The molecule has 0 fully saturated rings. The van der Waals surface area contributed by atoms with Gasteiger partial charge in [0.25, 0.3) is 0 Å². The van der Waals surface area contributed by atoms with Crippen molar-refractivity contribution in [2.45, 2.75) is 18.3 Å². The van der Waals surface area contributed by atoms with Gasteiger partial charge < -0.3 is 4.74 Å². The van der Waals surface area contributed by atoms with E-state index in [1.54, 1.807) is 0 Å². The number of benzene rings is 5. The van der Waals surface area contributed by atoms with Crippen LogP contribution in [0.25, 0.3) is 49.5 Å². The van der Waals surface area contributed by atoms with Crippen molar-refractivity contribution < 1.29 is 4.74 Å². The molecule has 202 valence electrons. The van der Waals surface area contributed by atoms with E-state index in [2.05, 4.69) is 132 Å². The number of aromatic nitrogens is 2. The minimum Gasteiger partial charge on any atom is -0.461 e. The molecule has 0 bridgehead atoms. The zero-order valence-electron chi connectivity index (χ0n) is 23.4. The highest BCUT2D eigenvalue weighted by Gasteiger charge is 2.52. The molecule has 0 amide bonds. The van der Waals surface area contributed by atoms with E-state index in [1.165, 1.54) is 55.1 Å². The van der Waals surface area contributed by atoms with E-state index >= 15 is 0 Å². The molecule has 1 unspecified atom stereocenters. The topological polar surface area (TPSA) is 27.1 Å². The summed E-state index contributed by atoms with van der Waals surface area (Å²) in [4.78, 5) is 5.01. The Morgan fingerprint density at radius 1 is 0.651 bits per heavy atom. The van der Waals surface area contributed by atoms with Gasteiger partial charge in [0, 0.05) is 39.9 Å². The summed E-state index contributed by atoms with van der Waals surface area (Å²) >= 11 is 0. The quantitative estimate of drug-likeness (QED) is 0.203. The third kappa shape index (κ3) is 2.91. The molecule has 0 radical (unpaired) electrons. The standard InChI is InChI=1S/C40H26N2O/c1-2-12-26-24-41-39(21-25(26)11-1)42-35-18-8-4-14-28(35)30-22-29-27-13-3-5-15-31(27)40(34(29)23-36(30)42)32-16-6-9-19-37(32)43-38-20-10-7-17-33(38)40/h1-9,11-19,21-24H,10,20H2. The number of hydrogen-bond acceptors (Lipinski definition) is 2. The molecule has 3 heteroatoms. The average molecular weight is 551 g/mol. The summed E-state index contributed by atoms with van der Waals surface area (Å²) in [5, 5.41) is 4.80.